The van der Waals surface area contributed by atoms with Crippen LogP contribution in [-0.4, -0.2) is 11.8 Å². The number of benzene rings is 1. The minimum absolute atomic E-state index is 0.339. The summed E-state index contributed by atoms with van der Waals surface area (Å²) < 4.78 is 10.4. The molecule has 0 aliphatic heterocycles. The van der Waals surface area contributed by atoms with Crippen molar-refractivity contribution in [3.05, 3.63) is 41.6 Å². The summed E-state index contributed by atoms with van der Waals surface area (Å²) in [5.74, 6) is 1.24. The highest BCUT2D eigenvalue weighted by molar-refractivity contribution is 5.31. The van der Waals surface area contributed by atoms with E-state index >= 15 is 0 Å². The lowest BCUT2D eigenvalue weighted by Crippen LogP contribution is -2.02. The maximum Gasteiger partial charge on any atom is 0.222 e. The molecule has 0 saturated carbocycles. The lowest BCUT2D eigenvalue weighted by atomic mass is 10.2. The molecule has 0 saturated heterocycles. The molecule has 1 aromatic carbocycles. The lowest BCUT2D eigenvalue weighted by Gasteiger charge is -2.07. The Morgan fingerprint density at radius 3 is 2.88 bits per heavy atom. The molecule has 2 rings (SSSR count). The van der Waals surface area contributed by atoms with Crippen LogP contribution < -0.4 is 10.5 Å². The number of hydrogen-bond acceptors (Lipinski definition) is 4. The number of anilines is 1. The molecule has 4 nitrogen and oxygen atoms in total. The van der Waals surface area contributed by atoms with Crippen molar-refractivity contribution in [2.24, 2.45) is 0 Å². The van der Waals surface area contributed by atoms with E-state index in [-0.39, 0.29) is 0 Å². The van der Waals surface area contributed by atoms with Gasteiger partial charge in [-0.05, 0) is 18.6 Å². The van der Waals surface area contributed by atoms with Crippen LogP contribution in [0.4, 0.5) is 5.88 Å². The van der Waals surface area contributed by atoms with Crippen molar-refractivity contribution < 1.29 is 9.26 Å². The first-order chi connectivity index (χ1) is 7.75. The smallest absolute Gasteiger partial charge is 0.222 e. The van der Waals surface area contributed by atoms with Crippen LogP contribution in [0.15, 0.2) is 34.9 Å². The van der Waals surface area contributed by atoms with Gasteiger partial charge in [0.25, 0.3) is 0 Å². The fraction of sp³-hybridized carbons (Fsp3) is 0.250. The zero-order valence-electron chi connectivity index (χ0n) is 9.14. The first-order valence-electron chi connectivity index (χ1n) is 5.15. The summed E-state index contributed by atoms with van der Waals surface area (Å²) in [7, 11) is 0. The second-order valence-electron chi connectivity index (χ2n) is 3.58. The molecule has 0 unspecified atom stereocenters. The molecular weight excluding hydrogens is 204 g/mol. The number of aromatic nitrogens is 1. The van der Waals surface area contributed by atoms with E-state index in [0.717, 1.165) is 17.0 Å². The van der Waals surface area contributed by atoms with Crippen LogP contribution in [0, 0.1) is 6.92 Å². The first-order valence-corrected chi connectivity index (χ1v) is 5.15. The van der Waals surface area contributed by atoms with Gasteiger partial charge < -0.3 is 15.0 Å². The number of nitrogens with zero attached hydrogens (tertiary/aromatic N) is 1. The van der Waals surface area contributed by atoms with Gasteiger partial charge in [0.15, 0.2) is 0 Å². The van der Waals surface area contributed by atoms with Crippen molar-refractivity contribution >= 4 is 5.88 Å². The Balaban J connectivity index is 1.87. The molecule has 84 valence electrons. The summed E-state index contributed by atoms with van der Waals surface area (Å²) in [6, 6.07) is 9.62. The highest BCUT2D eigenvalue weighted by Crippen LogP contribution is 2.16. The highest BCUT2D eigenvalue weighted by atomic mass is 16.5. The third kappa shape index (κ3) is 2.53. The Labute approximate surface area is 94.0 Å². The molecular formula is C12H14N2O2. The van der Waals surface area contributed by atoms with E-state index in [1.165, 1.54) is 0 Å². The van der Waals surface area contributed by atoms with E-state index in [4.69, 9.17) is 15.0 Å². The summed E-state index contributed by atoms with van der Waals surface area (Å²) >= 11 is 0. The Morgan fingerprint density at radius 1 is 1.38 bits per heavy atom. The van der Waals surface area contributed by atoms with Crippen LogP contribution in [0.5, 0.6) is 5.75 Å². The minimum Gasteiger partial charge on any atom is -0.493 e. The molecule has 0 aliphatic rings. The van der Waals surface area contributed by atoms with Crippen molar-refractivity contribution in [1.82, 2.24) is 5.16 Å². The number of nitrogen functional groups attached to an aromatic ring is 1. The van der Waals surface area contributed by atoms with Gasteiger partial charge in [-0.2, -0.15) is 0 Å². The summed E-state index contributed by atoms with van der Waals surface area (Å²) in [6.45, 7) is 2.58. The van der Waals surface area contributed by atoms with Gasteiger partial charge in [0.1, 0.15) is 5.75 Å². The van der Waals surface area contributed by atoms with Crippen molar-refractivity contribution in [2.75, 3.05) is 12.3 Å². The van der Waals surface area contributed by atoms with Crippen molar-refractivity contribution in [2.45, 2.75) is 13.3 Å². The summed E-state index contributed by atoms with van der Waals surface area (Å²) in [5.41, 5.74) is 7.35. The maximum atomic E-state index is 5.63. The molecule has 2 N–H and O–H groups in total. The Bertz CT molecular complexity index is 466. The monoisotopic (exact) mass is 218 g/mol. The molecule has 0 bridgehead atoms. The molecule has 2 aromatic rings. The summed E-state index contributed by atoms with van der Waals surface area (Å²) in [5, 5.41) is 3.79. The quantitative estimate of drug-likeness (QED) is 0.854. The first kappa shape index (κ1) is 10.5. The van der Waals surface area contributed by atoms with Gasteiger partial charge in [-0.25, -0.2) is 0 Å². The predicted octanol–water partition coefficient (Wildman–Crippen LogP) is 2.19. The number of rotatable bonds is 4. The summed E-state index contributed by atoms with van der Waals surface area (Å²) in [4.78, 5) is 0. The van der Waals surface area contributed by atoms with Crippen LogP contribution >= 0.6 is 0 Å². The van der Waals surface area contributed by atoms with Gasteiger partial charge in [-0.3, -0.25) is 0 Å². The Kier molecular flexibility index (Phi) is 3.10. The van der Waals surface area contributed by atoms with E-state index in [1.54, 1.807) is 6.07 Å². The van der Waals surface area contributed by atoms with Gasteiger partial charge in [0.2, 0.25) is 5.88 Å². The van der Waals surface area contributed by atoms with E-state index in [1.807, 2.05) is 31.2 Å². The van der Waals surface area contributed by atoms with Gasteiger partial charge >= 0.3 is 0 Å². The molecule has 1 heterocycles. The molecule has 4 heteroatoms. The molecule has 0 fully saturated rings. The largest absolute Gasteiger partial charge is 0.493 e. The van der Waals surface area contributed by atoms with E-state index in [2.05, 4.69) is 5.16 Å². The normalized spacial score (nSPS) is 10.3. The molecule has 16 heavy (non-hydrogen) atoms. The third-order valence-corrected chi connectivity index (χ3v) is 2.29. The zero-order valence-corrected chi connectivity index (χ0v) is 9.14. The second-order valence-corrected chi connectivity index (χ2v) is 3.58. The van der Waals surface area contributed by atoms with Crippen molar-refractivity contribution in [1.29, 1.82) is 0 Å². The number of para-hydroxylation sites is 1. The van der Waals surface area contributed by atoms with Gasteiger partial charge in [0, 0.05) is 12.5 Å². The van der Waals surface area contributed by atoms with Crippen LogP contribution in [0.2, 0.25) is 0 Å². The van der Waals surface area contributed by atoms with E-state index in [9.17, 15) is 0 Å². The SMILES string of the molecule is Cc1ccccc1OCCc1cc(N)on1. The average Bonchev–Trinajstić information content (AvgIpc) is 2.67. The van der Waals surface area contributed by atoms with Crippen molar-refractivity contribution in [3.8, 4) is 5.75 Å². The Hall–Kier alpha value is -1.97. The van der Waals surface area contributed by atoms with Crippen molar-refractivity contribution in [3.63, 3.8) is 0 Å². The third-order valence-electron chi connectivity index (χ3n) is 2.29. The van der Waals surface area contributed by atoms with Crippen LogP contribution in [0.25, 0.3) is 0 Å². The fourth-order valence-electron chi connectivity index (χ4n) is 1.43. The molecule has 1 aromatic heterocycles. The number of aryl methyl sites for hydroxylation is 1. The topological polar surface area (TPSA) is 61.3 Å². The number of ether oxygens (including phenoxy) is 1. The lowest BCUT2D eigenvalue weighted by molar-refractivity contribution is 0.314. The molecule has 0 spiro atoms. The van der Waals surface area contributed by atoms with Crippen LogP contribution in [0.1, 0.15) is 11.3 Å². The second kappa shape index (κ2) is 4.70. The molecule has 0 aliphatic carbocycles. The fourth-order valence-corrected chi connectivity index (χ4v) is 1.43. The van der Waals surface area contributed by atoms with E-state index in [0.29, 0.717) is 18.9 Å². The van der Waals surface area contributed by atoms with Gasteiger partial charge in [-0.1, -0.05) is 23.4 Å². The minimum atomic E-state index is 0.339. The maximum absolute atomic E-state index is 5.63. The van der Waals surface area contributed by atoms with Gasteiger partial charge in [0.05, 0.1) is 12.3 Å². The van der Waals surface area contributed by atoms with Crippen LogP contribution in [-0.2, 0) is 6.42 Å². The average molecular weight is 218 g/mol. The standard InChI is InChI=1S/C12H14N2O2/c1-9-4-2-3-5-11(9)15-7-6-10-8-12(13)16-14-10/h2-5,8H,6-7,13H2,1H3. The molecule has 0 amide bonds. The Morgan fingerprint density at radius 2 is 2.19 bits per heavy atom. The highest BCUT2D eigenvalue weighted by Gasteiger charge is 2.02. The van der Waals surface area contributed by atoms with E-state index < -0.39 is 0 Å². The van der Waals surface area contributed by atoms with Crippen LogP contribution in [0.3, 0.4) is 0 Å². The molecule has 0 radical (unpaired) electrons. The zero-order chi connectivity index (χ0) is 11.4. The molecule has 0 atom stereocenters. The number of hydrogen-bond donors (Lipinski definition) is 1. The number of nitrogens with two attached hydrogens (primary N) is 1. The predicted molar refractivity (Wildman–Crippen MR) is 61.3 cm³/mol. The van der Waals surface area contributed by atoms with Gasteiger partial charge in [-0.15, -0.1) is 0 Å². The summed E-state index contributed by atoms with van der Waals surface area (Å²) in [6.07, 6.45) is 0.690.